The van der Waals surface area contributed by atoms with E-state index < -0.39 is 0 Å². The first kappa shape index (κ1) is 22.1. The van der Waals surface area contributed by atoms with Gasteiger partial charge in [-0.15, -0.1) is 5.10 Å². The van der Waals surface area contributed by atoms with Gasteiger partial charge in [0.05, 0.1) is 29.9 Å². The van der Waals surface area contributed by atoms with E-state index in [0.717, 1.165) is 55.5 Å². The molecule has 2 aromatic carbocycles. The van der Waals surface area contributed by atoms with Gasteiger partial charge in [-0.1, -0.05) is 30.8 Å². The molecule has 2 heterocycles. The van der Waals surface area contributed by atoms with Crippen LogP contribution in [-0.2, 0) is 4.79 Å². The number of amides is 1. The van der Waals surface area contributed by atoms with Gasteiger partial charge in [-0.2, -0.15) is 4.68 Å². The average molecular weight is 454 g/mol. The Balaban J connectivity index is 1.38. The molecule has 0 spiro atoms. The molecule has 1 aromatic heterocycles. The number of carbonyl (C=O) groups is 1. The van der Waals surface area contributed by atoms with Crippen LogP contribution in [0.4, 0.5) is 11.4 Å². The van der Waals surface area contributed by atoms with E-state index in [9.17, 15) is 4.79 Å². The quantitative estimate of drug-likeness (QED) is 0.521. The lowest BCUT2D eigenvalue weighted by atomic mass is 10.2. The molecule has 0 saturated carbocycles. The van der Waals surface area contributed by atoms with Gasteiger partial charge in [0, 0.05) is 26.2 Å². The topological polar surface area (TPSA) is 88.4 Å². The van der Waals surface area contributed by atoms with E-state index in [2.05, 4.69) is 43.6 Å². The lowest BCUT2D eigenvalue weighted by Crippen LogP contribution is -2.46. The first-order valence-corrected chi connectivity index (χ1v) is 11.6. The molecule has 4 rings (SSSR count). The van der Waals surface area contributed by atoms with E-state index >= 15 is 0 Å². The van der Waals surface area contributed by atoms with E-state index in [-0.39, 0.29) is 11.7 Å². The van der Waals surface area contributed by atoms with Crippen molar-refractivity contribution in [2.24, 2.45) is 0 Å². The number of hydrogen-bond acceptors (Lipinski definition) is 8. The molecule has 0 radical (unpaired) electrons. The predicted molar refractivity (Wildman–Crippen MR) is 126 cm³/mol. The van der Waals surface area contributed by atoms with E-state index in [1.165, 1.54) is 11.8 Å². The molecule has 3 aromatic rings. The first-order chi connectivity index (χ1) is 15.7. The molecule has 1 N–H and O–H groups in total. The van der Waals surface area contributed by atoms with E-state index in [0.29, 0.717) is 5.16 Å². The van der Waals surface area contributed by atoms with Crippen molar-refractivity contribution in [3.8, 4) is 11.4 Å². The zero-order chi connectivity index (χ0) is 22.3. The highest BCUT2D eigenvalue weighted by Crippen LogP contribution is 2.27. The van der Waals surface area contributed by atoms with Gasteiger partial charge in [0.2, 0.25) is 11.1 Å². The Morgan fingerprint density at radius 3 is 2.56 bits per heavy atom. The number of thioether (sulfide) groups is 1. The van der Waals surface area contributed by atoms with E-state index in [1.807, 2.05) is 42.5 Å². The number of methoxy groups -OCH3 is 1. The highest BCUT2D eigenvalue weighted by Gasteiger charge is 2.19. The Hall–Kier alpha value is -3.11. The zero-order valence-corrected chi connectivity index (χ0v) is 19.1. The maximum atomic E-state index is 12.7. The Kier molecular flexibility index (Phi) is 7.23. The number of ether oxygens (including phenoxy) is 1. The van der Waals surface area contributed by atoms with Crippen molar-refractivity contribution in [3.63, 3.8) is 0 Å². The van der Waals surface area contributed by atoms with Crippen LogP contribution in [0.2, 0.25) is 0 Å². The van der Waals surface area contributed by atoms with Crippen LogP contribution in [0.25, 0.3) is 5.69 Å². The summed E-state index contributed by atoms with van der Waals surface area (Å²) in [6, 6.07) is 15.4. The lowest BCUT2D eigenvalue weighted by molar-refractivity contribution is -0.113. The van der Waals surface area contributed by atoms with Gasteiger partial charge in [0.25, 0.3) is 0 Å². The van der Waals surface area contributed by atoms with Gasteiger partial charge in [-0.05, 0) is 53.4 Å². The maximum Gasteiger partial charge on any atom is 0.234 e. The molecule has 0 aliphatic carbocycles. The molecule has 10 heteroatoms. The fourth-order valence-corrected chi connectivity index (χ4v) is 4.32. The molecular weight excluding hydrogens is 426 g/mol. The summed E-state index contributed by atoms with van der Waals surface area (Å²) in [6.07, 6.45) is 0. The molecular formula is C22H27N7O2S. The van der Waals surface area contributed by atoms with Crippen LogP contribution in [0.5, 0.6) is 5.75 Å². The van der Waals surface area contributed by atoms with Gasteiger partial charge < -0.3 is 19.9 Å². The number of benzene rings is 2. The molecule has 1 aliphatic heterocycles. The first-order valence-electron chi connectivity index (χ1n) is 10.6. The van der Waals surface area contributed by atoms with Gasteiger partial charge in [-0.25, -0.2) is 0 Å². The van der Waals surface area contributed by atoms with Crippen LogP contribution in [0, 0.1) is 0 Å². The predicted octanol–water partition coefficient (Wildman–Crippen LogP) is 2.54. The minimum atomic E-state index is -0.0982. The number of tetrazole rings is 1. The number of para-hydroxylation sites is 2. The lowest BCUT2D eigenvalue weighted by Gasteiger charge is -2.36. The van der Waals surface area contributed by atoms with Crippen LogP contribution >= 0.6 is 11.8 Å². The van der Waals surface area contributed by atoms with Crippen molar-refractivity contribution in [1.82, 2.24) is 25.1 Å². The minimum absolute atomic E-state index is 0.0982. The molecule has 0 bridgehead atoms. The normalized spacial score (nSPS) is 14.4. The molecule has 1 amide bonds. The smallest absolute Gasteiger partial charge is 0.234 e. The molecule has 32 heavy (non-hydrogen) atoms. The third-order valence-electron chi connectivity index (χ3n) is 5.43. The van der Waals surface area contributed by atoms with Crippen LogP contribution < -0.4 is 15.0 Å². The Labute approximate surface area is 191 Å². The second-order valence-corrected chi connectivity index (χ2v) is 8.29. The summed E-state index contributed by atoms with van der Waals surface area (Å²) in [5, 5.41) is 15.5. The number of rotatable bonds is 8. The highest BCUT2D eigenvalue weighted by molar-refractivity contribution is 7.99. The molecule has 1 saturated heterocycles. The number of anilines is 2. The van der Waals surface area contributed by atoms with Crippen LogP contribution in [-0.4, -0.2) is 76.6 Å². The fourth-order valence-electron chi connectivity index (χ4n) is 3.63. The van der Waals surface area contributed by atoms with Gasteiger partial charge >= 0.3 is 0 Å². The monoisotopic (exact) mass is 453 g/mol. The van der Waals surface area contributed by atoms with Crippen LogP contribution in [0.15, 0.2) is 53.7 Å². The van der Waals surface area contributed by atoms with Crippen LogP contribution in [0.1, 0.15) is 6.92 Å². The summed E-state index contributed by atoms with van der Waals surface area (Å²) >= 11 is 1.29. The molecule has 1 fully saturated rings. The van der Waals surface area contributed by atoms with Gasteiger partial charge in [0.15, 0.2) is 0 Å². The van der Waals surface area contributed by atoms with Gasteiger partial charge in [-0.3, -0.25) is 4.79 Å². The van der Waals surface area contributed by atoms with E-state index in [4.69, 9.17) is 4.74 Å². The zero-order valence-electron chi connectivity index (χ0n) is 18.3. The van der Waals surface area contributed by atoms with Crippen molar-refractivity contribution in [3.05, 3.63) is 48.5 Å². The largest absolute Gasteiger partial charge is 0.497 e. The molecule has 0 unspecified atom stereocenters. The third kappa shape index (κ3) is 5.20. The number of nitrogens with one attached hydrogen (secondary N) is 1. The Morgan fingerprint density at radius 1 is 1.09 bits per heavy atom. The van der Waals surface area contributed by atoms with Crippen molar-refractivity contribution in [2.75, 3.05) is 55.8 Å². The SMILES string of the molecule is CCN1CCN(c2ccccc2NC(=O)CSc2nnnn2-c2ccc(OC)cc2)CC1. The van der Waals surface area contributed by atoms with Crippen LogP contribution in [0.3, 0.4) is 0 Å². The molecule has 0 atom stereocenters. The molecule has 9 nitrogen and oxygen atoms in total. The summed E-state index contributed by atoms with van der Waals surface area (Å²) in [4.78, 5) is 17.5. The van der Waals surface area contributed by atoms with Gasteiger partial charge in [0.1, 0.15) is 5.75 Å². The maximum absolute atomic E-state index is 12.7. The number of nitrogens with zero attached hydrogens (tertiary/aromatic N) is 6. The fraction of sp³-hybridized carbons (Fsp3) is 0.364. The minimum Gasteiger partial charge on any atom is -0.497 e. The average Bonchev–Trinajstić information content (AvgIpc) is 3.32. The number of hydrogen-bond donors (Lipinski definition) is 1. The summed E-state index contributed by atoms with van der Waals surface area (Å²) in [5.74, 6) is 0.859. The Morgan fingerprint density at radius 2 is 1.84 bits per heavy atom. The van der Waals surface area contributed by atoms with Crippen molar-refractivity contribution in [1.29, 1.82) is 0 Å². The van der Waals surface area contributed by atoms with Crippen molar-refractivity contribution < 1.29 is 9.53 Å². The number of aromatic nitrogens is 4. The molecule has 1 aliphatic rings. The van der Waals surface area contributed by atoms with Crippen molar-refractivity contribution >= 4 is 29.0 Å². The number of carbonyl (C=O) groups excluding carboxylic acids is 1. The summed E-state index contributed by atoms with van der Waals surface area (Å²) in [6.45, 7) is 7.22. The second kappa shape index (κ2) is 10.5. The number of likely N-dealkylation sites (N-methyl/N-ethyl adjacent to an activating group) is 1. The summed E-state index contributed by atoms with van der Waals surface area (Å²) in [7, 11) is 1.62. The standard InChI is InChI=1S/C22H27N7O2S/c1-3-27-12-14-28(15-13-27)20-7-5-4-6-19(20)23-21(30)16-32-22-24-25-26-29(22)17-8-10-18(31-2)11-9-17/h4-11H,3,12-16H2,1-2H3,(H,23,30). The third-order valence-corrected chi connectivity index (χ3v) is 6.35. The molecule has 168 valence electrons. The van der Waals surface area contributed by atoms with E-state index in [1.54, 1.807) is 11.8 Å². The van der Waals surface area contributed by atoms with Crippen molar-refractivity contribution in [2.45, 2.75) is 12.1 Å². The second-order valence-electron chi connectivity index (χ2n) is 7.35. The number of piperazine rings is 1. The summed E-state index contributed by atoms with van der Waals surface area (Å²) in [5.41, 5.74) is 2.69. The summed E-state index contributed by atoms with van der Waals surface area (Å²) < 4.78 is 6.80. The Bertz CT molecular complexity index is 1030. The highest BCUT2D eigenvalue weighted by atomic mass is 32.2.